The average molecular weight is 447 g/mol. The molecule has 1 aliphatic rings. The third kappa shape index (κ3) is 3.13. The fourth-order valence-corrected chi connectivity index (χ4v) is 3.98. The van der Waals surface area contributed by atoms with Crippen LogP contribution in [0.1, 0.15) is 30.0 Å². The maximum Gasteiger partial charge on any atom is 0.346 e. The van der Waals surface area contributed by atoms with Crippen molar-refractivity contribution in [1.29, 1.82) is 5.26 Å². The number of ether oxygens (including phenoxy) is 1. The Kier molecular flexibility index (Phi) is 4.49. The molecule has 0 saturated carbocycles. The van der Waals surface area contributed by atoms with E-state index < -0.39 is 17.6 Å². The fraction of sp³-hybridized carbons (Fsp3) is 0.238. The van der Waals surface area contributed by atoms with E-state index in [1.54, 1.807) is 20.0 Å². The van der Waals surface area contributed by atoms with E-state index in [0.717, 1.165) is 0 Å². The second kappa shape index (κ2) is 7.27. The molecule has 4 heterocycles. The van der Waals surface area contributed by atoms with Crippen molar-refractivity contribution in [3.63, 3.8) is 0 Å². The number of fused-ring (bicyclic) bond motifs is 7. The van der Waals surface area contributed by atoms with Crippen molar-refractivity contribution in [2.24, 2.45) is 14.1 Å². The molecule has 0 fully saturated rings. The quantitative estimate of drug-likeness (QED) is 0.428. The summed E-state index contributed by atoms with van der Waals surface area (Å²) in [5, 5.41) is 18.6. The van der Waals surface area contributed by atoms with E-state index in [-0.39, 0.29) is 23.9 Å². The summed E-state index contributed by atoms with van der Waals surface area (Å²) >= 11 is 0. The van der Waals surface area contributed by atoms with E-state index in [4.69, 9.17) is 10.5 Å². The van der Waals surface area contributed by atoms with Crippen LogP contribution < -0.4 is 16.2 Å². The lowest BCUT2D eigenvalue weighted by molar-refractivity contribution is 0.218. The molecule has 0 spiro atoms. The van der Waals surface area contributed by atoms with Crippen molar-refractivity contribution in [3.8, 4) is 34.6 Å². The fourth-order valence-electron chi connectivity index (χ4n) is 3.98. The Balaban J connectivity index is 1.88. The van der Waals surface area contributed by atoms with Crippen LogP contribution in [0, 0.1) is 17.1 Å². The van der Waals surface area contributed by atoms with Gasteiger partial charge in [0.2, 0.25) is 0 Å². The number of aryl methyl sites for hydroxylation is 2. The van der Waals surface area contributed by atoms with Crippen LogP contribution in [0.2, 0.25) is 0 Å². The van der Waals surface area contributed by atoms with Crippen LogP contribution in [0.4, 0.5) is 10.2 Å². The Morgan fingerprint density at radius 3 is 2.82 bits per heavy atom. The lowest BCUT2D eigenvalue weighted by Crippen LogP contribution is -2.24. The van der Waals surface area contributed by atoms with Gasteiger partial charge in [-0.25, -0.2) is 23.8 Å². The topological polar surface area (TPSA) is 142 Å². The number of aromatic nitrogens is 7. The Labute approximate surface area is 186 Å². The molecule has 2 N–H and O–H groups in total. The van der Waals surface area contributed by atoms with Gasteiger partial charge in [0.05, 0.1) is 29.7 Å². The summed E-state index contributed by atoms with van der Waals surface area (Å²) in [6, 6.07) is 6.28. The minimum absolute atomic E-state index is 0.000302. The van der Waals surface area contributed by atoms with E-state index in [9.17, 15) is 14.4 Å². The molecular formula is C21H18FN9O2. The number of anilines is 1. The minimum Gasteiger partial charge on any atom is -0.467 e. The largest absolute Gasteiger partial charge is 0.467 e. The molecule has 11 nitrogen and oxygen atoms in total. The highest BCUT2D eigenvalue weighted by Gasteiger charge is 2.27. The molecule has 12 heteroatoms. The van der Waals surface area contributed by atoms with Gasteiger partial charge in [0.15, 0.2) is 11.6 Å². The summed E-state index contributed by atoms with van der Waals surface area (Å²) in [6.07, 6.45) is 0.705. The predicted molar refractivity (Wildman–Crippen MR) is 114 cm³/mol. The molecule has 0 unspecified atom stereocenters. The van der Waals surface area contributed by atoms with Crippen molar-refractivity contribution >= 4 is 5.82 Å². The van der Waals surface area contributed by atoms with Crippen LogP contribution in [-0.2, 0) is 20.6 Å². The molecule has 3 aromatic heterocycles. The smallest absolute Gasteiger partial charge is 0.346 e. The van der Waals surface area contributed by atoms with Crippen molar-refractivity contribution < 1.29 is 9.13 Å². The second-order valence-electron chi connectivity index (χ2n) is 7.66. The summed E-state index contributed by atoms with van der Waals surface area (Å²) in [4.78, 5) is 21.6. The van der Waals surface area contributed by atoms with Gasteiger partial charge in [0, 0.05) is 25.2 Å². The van der Waals surface area contributed by atoms with Crippen LogP contribution in [0.3, 0.4) is 0 Å². The van der Waals surface area contributed by atoms with Gasteiger partial charge in [0.25, 0.3) is 5.88 Å². The van der Waals surface area contributed by atoms with Crippen LogP contribution in [0.15, 0.2) is 29.2 Å². The number of nitrogen functional groups attached to an aromatic ring is 1. The molecule has 5 rings (SSSR count). The zero-order valence-electron chi connectivity index (χ0n) is 17.9. The summed E-state index contributed by atoms with van der Waals surface area (Å²) in [5.74, 6) is -0.0850. The third-order valence-corrected chi connectivity index (χ3v) is 5.55. The summed E-state index contributed by atoms with van der Waals surface area (Å²) < 4.78 is 24.2. The number of nitriles is 1. The van der Waals surface area contributed by atoms with Gasteiger partial charge >= 0.3 is 5.69 Å². The zero-order valence-corrected chi connectivity index (χ0v) is 17.9. The van der Waals surface area contributed by atoms with Gasteiger partial charge in [-0.05, 0) is 25.1 Å². The number of nitrogens with two attached hydrogens (primary N) is 1. The van der Waals surface area contributed by atoms with Crippen molar-refractivity contribution in [1.82, 2.24) is 34.1 Å². The lowest BCUT2D eigenvalue weighted by atomic mass is 10.0. The summed E-state index contributed by atoms with van der Waals surface area (Å²) in [5.41, 5.74) is 7.92. The zero-order chi connectivity index (χ0) is 23.4. The molecule has 2 bridgehead atoms. The van der Waals surface area contributed by atoms with Gasteiger partial charge in [-0.2, -0.15) is 10.4 Å². The first-order chi connectivity index (χ1) is 15.8. The van der Waals surface area contributed by atoms with Crippen molar-refractivity contribution in [3.05, 3.63) is 57.6 Å². The Morgan fingerprint density at radius 1 is 1.27 bits per heavy atom. The number of hydrogen-bond donors (Lipinski definition) is 1. The Hall–Kier alpha value is -4.53. The third-order valence-electron chi connectivity index (χ3n) is 5.55. The second-order valence-corrected chi connectivity index (χ2v) is 7.66. The van der Waals surface area contributed by atoms with Crippen molar-refractivity contribution in [2.75, 3.05) is 5.73 Å². The van der Waals surface area contributed by atoms with E-state index >= 15 is 0 Å². The minimum atomic E-state index is -0.712. The highest BCUT2D eigenvalue weighted by Crippen LogP contribution is 2.35. The van der Waals surface area contributed by atoms with Crippen molar-refractivity contribution in [2.45, 2.75) is 19.6 Å². The molecule has 0 saturated heterocycles. The molecule has 0 amide bonds. The molecule has 1 aromatic carbocycles. The Morgan fingerprint density at radius 2 is 2.06 bits per heavy atom. The van der Waals surface area contributed by atoms with Gasteiger partial charge in [-0.15, -0.1) is 5.10 Å². The predicted octanol–water partition coefficient (Wildman–Crippen LogP) is 1.53. The molecule has 0 aliphatic carbocycles. The number of hydrogen-bond acceptors (Lipinski definition) is 8. The summed E-state index contributed by atoms with van der Waals surface area (Å²) in [7, 11) is 3.15. The molecule has 1 aliphatic heterocycles. The average Bonchev–Trinajstić information content (AvgIpc) is 3.25. The molecule has 4 aromatic rings. The van der Waals surface area contributed by atoms with Crippen LogP contribution >= 0.6 is 0 Å². The van der Waals surface area contributed by atoms with Gasteiger partial charge in [0.1, 0.15) is 23.7 Å². The number of benzene rings is 1. The number of halogens is 1. The van der Waals surface area contributed by atoms with E-state index in [2.05, 4.69) is 26.2 Å². The molecule has 1 atom stereocenters. The van der Waals surface area contributed by atoms with Gasteiger partial charge < -0.3 is 10.5 Å². The molecule has 0 radical (unpaired) electrons. The number of rotatable bonds is 0. The van der Waals surface area contributed by atoms with Gasteiger partial charge in [-0.1, -0.05) is 0 Å². The normalized spacial score (nSPS) is 14.7. The summed E-state index contributed by atoms with van der Waals surface area (Å²) in [6.45, 7) is 1.71. The molecule has 166 valence electrons. The molecule has 33 heavy (non-hydrogen) atoms. The van der Waals surface area contributed by atoms with Crippen LogP contribution in [-0.4, -0.2) is 34.1 Å². The van der Waals surface area contributed by atoms with Gasteiger partial charge in [-0.3, -0.25) is 9.25 Å². The lowest BCUT2D eigenvalue weighted by Gasteiger charge is -2.20. The van der Waals surface area contributed by atoms with E-state index in [0.29, 0.717) is 33.9 Å². The first-order valence-electron chi connectivity index (χ1n) is 9.97. The standard InChI is InChI=1S/C21H18FN9O2/c1-10-13-6-11(22)4-5-12(13)19-28-30(3)21(32)31(19)9-15-17(16(7-23)29(2)27-15)14-8-25-18(24)20(26-14)33-10/h4-6,8,10H,9H2,1-3H3,(H2,24,25)/t10-/m1/s1. The Bertz CT molecular complexity index is 1530. The van der Waals surface area contributed by atoms with E-state index in [1.165, 1.54) is 39.3 Å². The highest BCUT2D eigenvalue weighted by molar-refractivity contribution is 5.70. The highest BCUT2D eigenvalue weighted by atomic mass is 19.1. The first-order valence-corrected chi connectivity index (χ1v) is 9.97. The monoisotopic (exact) mass is 447 g/mol. The van der Waals surface area contributed by atoms with Crippen LogP contribution in [0.5, 0.6) is 5.88 Å². The van der Waals surface area contributed by atoms with E-state index in [1.807, 2.05) is 0 Å². The molecular weight excluding hydrogens is 429 g/mol. The maximum atomic E-state index is 14.2. The number of nitrogens with zero attached hydrogens (tertiary/aromatic N) is 8. The maximum absolute atomic E-state index is 14.2. The first kappa shape index (κ1) is 20.4. The van der Waals surface area contributed by atoms with Crippen LogP contribution in [0.25, 0.3) is 22.6 Å². The SMILES string of the molecule is C[C@H]1Oc2nc(cnc2N)-c2c(nn(C)c2C#N)Cn2c(nn(C)c2=O)-c2ccc(F)cc21.